The third-order valence-corrected chi connectivity index (χ3v) is 3.32. The molecule has 0 unspecified atom stereocenters. The van der Waals surface area contributed by atoms with E-state index in [2.05, 4.69) is 28.2 Å². The first-order chi connectivity index (χ1) is 8.65. The van der Waals surface area contributed by atoms with Crippen LogP contribution in [0, 0.1) is 5.82 Å². The molecule has 0 aliphatic heterocycles. The normalized spacial score (nSPS) is 10.7. The minimum atomic E-state index is -0.459. The summed E-state index contributed by atoms with van der Waals surface area (Å²) < 4.78 is 19.4. The van der Waals surface area contributed by atoms with Crippen molar-refractivity contribution in [3.05, 3.63) is 27.4 Å². The van der Waals surface area contributed by atoms with Crippen LogP contribution in [0.25, 0.3) is 0 Å². The van der Waals surface area contributed by atoms with E-state index in [0.717, 1.165) is 32.4 Å². The van der Waals surface area contributed by atoms with Crippen molar-refractivity contribution in [3.63, 3.8) is 0 Å². The molecule has 0 aliphatic rings. The van der Waals surface area contributed by atoms with Gasteiger partial charge in [-0.15, -0.1) is 0 Å². The van der Waals surface area contributed by atoms with Crippen LogP contribution in [0.3, 0.4) is 0 Å². The fourth-order valence-corrected chi connectivity index (χ4v) is 2.20. The van der Waals surface area contributed by atoms with Crippen LogP contribution in [-0.4, -0.2) is 19.7 Å². The van der Waals surface area contributed by atoms with E-state index in [0.29, 0.717) is 16.8 Å². The predicted octanol–water partition coefficient (Wildman–Crippen LogP) is 4.40. The maximum atomic E-state index is 13.2. The van der Waals surface area contributed by atoms with Gasteiger partial charge < -0.3 is 10.1 Å². The van der Waals surface area contributed by atoms with Gasteiger partial charge in [-0.1, -0.05) is 18.5 Å². The number of benzene rings is 1. The van der Waals surface area contributed by atoms with E-state index in [-0.39, 0.29) is 5.02 Å². The maximum absolute atomic E-state index is 13.2. The molecule has 0 amide bonds. The topological polar surface area (TPSA) is 21.3 Å². The largest absolute Gasteiger partial charge is 0.492 e. The summed E-state index contributed by atoms with van der Waals surface area (Å²) in [7, 11) is 0. The van der Waals surface area contributed by atoms with E-state index >= 15 is 0 Å². The Bertz CT molecular complexity index is 376. The van der Waals surface area contributed by atoms with Gasteiger partial charge in [0.15, 0.2) is 0 Å². The van der Waals surface area contributed by atoms with Gasteiger partial charge in [0.25, 0.3) is 0 Å². The molecule has 2 nitrogen and oxygen atoms in total. The number of ether oxygens (including phenoxy) is 1. The first-order valence-electron chi connectivity index (χ1n) is 6.13. The minimum absolute atomic E-state index is 0.0954. The zero-order valence-corrected chi connectivity index (χ0v) is 12.8. The fourth-order valence-electron chi connectivity index (χ4n) is 1.45. The van der Waals surface area contributed by atoms with Crippen molar-refractivity contribution in [1.29, 1.82) is 0 Å². The summed E-state index contributed by atoms with van der Waals surface area (Å²) in [5.74, 6) is 0.0397. The van der Waals surface area contributed by atoms with Gasteiger partial charge in [0.05, 0.1) is 16.1 Å². The molecule has 0 saturated carbocycles. The molecule has 0 fully saturated rings. The third kappa shape index (κ3) is 5.55. The highest BCUT2D eigenvalue weighted by Crippen LogP contribution is 2.30. The van der Waals surface area contributed by atoms with Crippen LogP contribution in [0.5, 0.6) is 5.75 Å². The van der Waals surface area contributed by atoms with Crippen LogP contribution < -0.4 is 10.1 Å². The smallest absolute Gasteiger partial charge is 0.145 e. The zero-order valence-electron chi connectivity index (χ0n) is 10.4. The maximum Gasteiger partial charge on any atom is 0.145 e. The second kappa shape index (κ2) is 8.73. The Kier molecular flexibility index (Phi) is 7.63. The lowest BCUT2D eigenvalue weighted by atomic mass is 10.3. The van der Waals surface area contributed by atoms with E-state index in [4.69, 9.17) is 16.3 Å². The Hall–Kier alpha value is -0.320. The summed E-state index contributed by atoms with van der Waals surface area (Å²) in [6, 6.07) is 2.82. The van der Waals surface area contributed by atoms with Gasteiger partial charge in [-0.3, -0.25) is 0 Å². The van der Waals surface area contributed by atoms with Crippen molar-refractivity contribution < 1.29 is 9.13 Å². The van der Waals surface area contributed by atoms with Gasteiger partial charge in [-0.2, -0.15) is 0 Å². The van der Waals surface area contributed by atoms with Crippen molar-refractivity contribution in [2.45, 2.75) is 26.2 Å². The highest BCUT2D eigenvalue weighted by atomic mass is 79.9. The van der Waals surface area contributed by atoms with Crippen molar-refractivity contribution in [2.24, 2.45) is 0 Å². The summed E-state index contributed by atoms with van der Waals surface area (Å²) in [5.41, 5.74) is 0. The van der Waals surface area contributed by atoms with Crippen molar-refractivity contribution in [2.75, 3.05) is 19.7 Å². The molecule has 1 aromatic carbocycles. The van der Waals surface area contributed by atoms with E-state index in [1.165, 1.54) is 12.1 Å². The molecule has 18 heavy (non-hydrogen) atoms. The van der Waals surface area contributed by atoms with Crippen molar-refractivity contribution in [1.82, 2.24) is 5.32 Å². The Morgan fingerprint density at radius 3 is 2.83 bits per heavy atom. The SMILES string of the molecule is CCCNCCCCOc1cc(F)c(Cl)cc1Br. The van der Waals surface area contributed by atoms with Gasteiger partial charge in [-0.05, 0) is 54.3 Å². The molecular formula is C13H18BrClFNO. The Morgan fingerprint density at radius 1 is 1.33 bits per heavy atom. The highest BCUT2D eigenvalue weighted by Gasteiger charge is 2.07. The summed E-state index contributed by atoms with van der Waals surface area (Å²) in [6.07, 6.45) is 3.13. The standard InChI is InChI=1S/C13H18BrClFNO/c1-2-5-17-6-3-4-7-18-13-9-12(16)11(15)8-10(13)14/h8-9,17H,2-7H2,1H3. The second-order valence-corrected chi connectivity index (χ2v) is 5.26. The van der Waals surface area contributed by atoms with Gasteiger partial charge in [-0.25, -0.2) is 4.39 Å². The third-order valence-electron chi connectivity index (χ3n) is 2.41. The Balaban J connectivity index is 2.25. The van der Waals surface area contributed by atoms with Gasteiger partial charge in [0.2, 0.25) is 0 Å². The van der Waals surface area contributed by atoms with Crippen LogP contribution in [-0.2, 0) is 0 Å². The van der Waals surface area contributed by atoms with E-state index in [1.54, 1.807) is 0 Å². The number of halogens is 3. The number of rotatable bonds is 8. The molecule has 0 radical (unpaired) electrons. The van der Waals surface area contributed by atoms with Crippen LogP contribution >= 0.6 is 27.5 Å². The summed E-state index contributed by atoms with van der Waals surface area (Å²) in [6.45, 7) is 4.76. The second-order valence-electron chi connectivity index (χ2n) is 4.00. The summed E-state index contributed by atoms with van der Waals surface area (Å²) in [4.78, 5) is 0. The Labute approximate surface area is 121 Å². The van der Waals surface area contributed by atoms with E-state index in [1.807, 2.05) is 0 Å². The number of hydrogen-bond acceptors (Lipinski definition) is 2. The first kappa shape index (κ1) is 15.7. The van der Waals surface area contributed by atoms with Crippen LogP contribution in [0.4, 0.5) is 4.39 Å². The Morgan fingerprint density at radius 2 is 2.11 bits per heavy atom. The molecule has 0 aliphatic carbocycles. The van der Waals surface area contributed by atoms with Crippen molar-refractivity contribution >= 4 is 27.5 Å². The molecule has 0 aromatic heterocycles. The lowest BCUT2D eigenvalue weighted by Gasteiger charge is -2.09. The zero-order chi connectivity index (χ0) is 13.4. The highest BCUT2D eigenvalue weighted by molar-refractivity contribution is 9.10. The number of nitrogens with one attached hydrogen (secondary N) is 1. The molecule has 5 heteroatoms. The van der Waals surface area contributed by atoms with Crippen LogP contribution in [0.2, 0.25) is 5.02 Å². The number of hydrogen-bond donors (Lipinski definition) is 1. The lowest BCUT2D eigenvalue weighted by molar-refractivity contribution is 0.302. The van der Waals surface area contributed by atoms with Gasteiger partial charge >= 0.3 is 0 Å². The molecule has 1 rings (SSSR count). The van der Waals surface area contributed by atoms with Crippen LogP contribution in [0.1, 0.15) is 26.2 Å². The predicted molar refractivity (Wildman–Crippen MR) is 77.0 cm³/mol. The quantitative estimate of drug-likeness (QED) is 0.560. The molecule has 0 heterocycles. The average Bonchev–Trinajstić information content (AvgIpc) is 2.34. The molecule has 0 bridgehead atoms. The molecule has 1 aromatic rings. The first-order valence-corrected chi connectivity index (χ1v) is 7.30. The summed E-state index contributed by atoms with van der Waals surface area (Å²) >= 11 is 8.95. The fraction of sp³-hybridized carbons (Fsp3) is 0.538. The van der Waals surface area contributed by atoms with Crippen LogP contribution in [0.15, 0.2) is 16.6 Å². The molecule has 0 saturated heterocycles. The molecule has 0 spiro atoms. The summed E-state index contributed by atoms with van der Waals surface area (Å²) in [5, 5.41) is 3.41. The van der Waals surface area contributed by atoms with E-state index < -0.39 is 5.82 Å². The van der Waals surface area contributed by atoms with E-state index in [9.17, 15) is 4.39 Å². The number of unbranched alkanes of at least 4 members (excludes halogenated alkanes) is 1. The molecular weight excluding hydrogens is 321 g/mol. The monoisotopic (exact) mass is 337 g/mol. The minimum Gasteiger partial charge on any atom is -0.492 e. The average molecular weight is 339 g/mol. The van der Waals surface area contributed by atoms with Gasteiger partial charge in [0, 0.05) is 6.07 Å². The lowest BCUT2D eigenvalue weighted by Crippen LogP contribution is -2.16. The van der Waals surface area contributed by atoms with Crippen molar-refractivity contribution in [3.8, 4) is 5.75 Å². The molecule has 0 atom stereocenters. The van der Waals surface area contributed by atoms with Gasteiger partial charge in [0.1, 0.15) is 11.6 Å². The molecule has 102 valence electrons. The molecule has 1 N–H and O–H groups in total.